The molecule has 1 aromatic carbocycles. The van der Waals surface area contributed by atoms with Crippen molar-refractivity contribution < 1.29 is 18.3 Å². The molecule has 9 heteroatoms. The van der Waals surface area contributed by atoms with Crippen molar-refractivity contribution in [1.29, 1.82) is 0 Å². The Labute approximate surface area is 196 Å². The first-order valence-electron chi connectivity index (χ1n) is 11.5. The molecule has 0 amide bonds. The van der Waals surface area contributed by atoms with Gasteiger partial charge in [-0.15, -0.1) is 0 Å². The number of fused-ring (bicyclic) bond motifs is 1. The number of nitrogens with zero attached hydrogens (tertiary/aromatic N) is 4. The van der Waals surface area contributed by atoms with Crippen molar-refractivity contribution in [3.05, 3.63) is 66.5 Å². The summed E-state index contributed by atoms with van der Waals surface area (Å²) in [5, 5.41) is 7.75. The second-order valence-electron chi connectivity index (χ2n) is 8.42. The molecule has 4 heterocycles. The SMILES string of the molecule is CC(Nc1ccn2ncc(-c3ccn(C4CCOCC4)c3)c2n1)c1cc(F)ccc1OCCF. The summed E-state index contributed by atoms with van der Waals surface area (Å²) in [5.74, 6) is 0.678. The molecule has 7 nitrogen and oxygen atoms in total. The molecule has 0 aliphatic carbocycles. The number of benzene rings is 1. The molecule has 5 rings (SSSR count). The zero-order chi connectivity index (χ0) is 23.5. The zero-order valence-electron chi connectivity index (χ0n) is 19.0. The summed E-state index contributed by atoms with van der Waals surface area (Å²) in [6.07, 6.45) is 9.89. The number of aromatic nitrogens is 4. The molecule has 1 aliphatic heterocycles. The Bertz CT molecular complexity index is 1270. The van der Waals surface area contributed by atoms with Gasteiger partial charge in [0.1, 0.15) is 30.7 Å². The first-order chi connectivity index (χ1) is 16.6. The second kappa shape index (κ2) is 9.80. The van der Waals surface area contributed by atoms with Gasteiger partial charge in [0.05, 0.1) is 12.2 Å². The highest BCUT2D eigenvalue weighted by Crippen LogP contribution is 2.31. The molecule has 178 valence electrons. The summed E-state index contributed by atoms with van der Waals surface area (Å²) >= 11 is 0. The Balaban J connectivity index is 1.40. The van der Waals surface area contributed by atoms with E-state index in [1.165, 1.54) is 18.2 Å². The number of ether oxygens (including phenoxy) is 2. The van der Waals surface area contributed by atoms with Crippen molar-refractivity contribution in [3.63, 3.8) is 0 Å². The van der Waals surface area contributed by atoms with E-state index in [0.717, 1.165) is 42.8 Å². The van der Waals surface area contributed by atoms with Gasteiger partial charge in [0.25, 0.3) is 0 Å². The Kier molecular flexibility index (Phi) is 6.44. The van der Waals surface area contributed by atoms with Crippen LogP contribution in [0, 0.1) is 5.82 Å². The first kappa shape index (κ1) is 22.3. The standard InChI is InChI=1S/C25H27F2N5O2/c1-17(21-14-19(27)2-3-23(21)34-13-8-26)29-24-5-10-32-25(30-24)22(15-28-32)18-4-9-31(16-18)20-6-11-33-12-7-20/h2-5,9-10,14-17,20H,6-8,11-13H2,1H3,(H,29,30). The third-order valence-electron chi connectivity index (χ3n) is 6.14. The summed E-state index contributed by atoms with van der Waals surface area (Å²) in [6.45, 7) is 2.76. The number of halogens is 2. The Hall–Kier alpha value is -3.46. The molecule has 4 aromatic rings. The van der Waals surface area contributed by atoms with Crippen LogP contribution in [0.25, 0.3) is 16.8 Å². The van der Waals surface area contributed by atoms with Crippen LogP contribution in [-0.4, -0.2) is 45.7 Å². The van der Waals surface area contributed by atoms with Crippen molar-refractivity contribution in [1.82, 2.24) is 19.2 Å². The first-order valence-corrected chi connectivity index (χ1v) is 11.5. The number of alkyl halides is 1. The van der Waals surface area contributed by atoms with Gasteiger partial charge >= 0.3 is 0 Å². The van der Waals surface area contributed by atoms with E-state index in [4.69, 9.17) is 14.5 Å². The third-order valence-corrected chi connectivity index (χ3v) is 6.14. The van der Waals surface area contributed by atoms with E-state index in [9.17, 15) is 8.78 Å². The monoisotopic (exact) mass is 467 g/mol. The van der Waals surface area contributed by atoms with Crippen molar-refractivity contribution in [2.75, 3.05) is 31.8 Å². The highest BCUT2D eigenvalue weighted by atomic mass is 19.1. The lowest BCUT2D eigenvalue weighted by Gasteiger charge is -2.23. The van der Waals surface area contributed by atoms with Crippen molar-refractivity contribution in [2.24, 2.45) is 0 Å². The van der Waals surface area contributed by atoms with Gasteiger partial charge in [-0.3, -0.25) is 0 Å². The number of nitrogens with one attached hydrogen (secondary N) is 1. The van der Waals surface area contributed by atoms with Crippen LogP contribution in [0.2, 0.25) is 0 Å². The summed E-state index contributed by atoms with van der Waals surface area (Å²) in [7, 11) is 0. The normalized spacial score (nSPS) is 15.5. The zero-order valence-corrected chi connectivity index (χ0v) is 19.0. The van der Waals surface area contributed by atoms with Crippen molar-refractivity contribution in [3.8, 4) is 16.9 Å². The van der Waals surface area contributed by atoms with Crippen molar-refractivity contribution in [2.45, 2.75) is 31.8 Å². The van der Waals surface area contributed by atoms with Crippen LogP contribution >= 0.6 is 0 Å². The molecular weight excluding hydrogens is 440 g/mol. The number of hydrogen-bond acceptors (Lipinski definition) is 5. The quantitative estimate of drug-likeness (QED) is 0.385. The fourth-order valence-electron chi connectivity index (χ4n) is 4.37. The molecule has 0 bridgehead atoms. The van der Waals surface area contributed by atoms with E-state index in [0.29, 0.717) is 23.2 Å². The largest absolute Gasteiger partial charge is 0.490 e. The minimum atomic E-state index is -0.614. The van der Waals surface area contributed by atoms with E-state index in [1.807, 2.05) is 25.4 Å². The Morgan fingerprint density at radius 3 is 2.88 bits per heavy atom. The van der Waals surface area contributed by atoms with E-state index < -0.39 is 6.67 Å². The molecular formula is C25H27F2N5O2. The van der Waals surface area contributed by atoms with E-state index in [2.05, 4.69) is 33.4 Å². The lowest BCUT2D eigenvalue weighted by atomic mass is 10.1. The average Bonchev–Trinajstić information content (AvgIpc) is 3.51. The smallest absolute Gasteiger partial charge is 0.165 e. The van der Waals surface area contributed by atoms with Crippen LogP contribution in [0.1, 0.15) is 37.4 Å². The third kappa shape index (κ3) is 4.61. The predicted molar refractivity (Wildman–Crippen MR) is 125 cm³/mol. The van der Waals surface area contributed by atoms with E-state index in [-0.39, 0.29) is 18.5 Å². The van der Waals surface area contributed by atoms with E-state index in [1.54, 1.807) is 4.52 Å². The maximum atomic E-state index is 13.9. The van der Waals surface area contributed by atoms with Crippen molar-refractivity contribution >= 4 is 11.5 Å². The molecule has 1 atom stereocenters. The van der Waals surface area contributed by atoms with E-state index >= 15 is 0 Å². The fourth-order valence-corrected chi connectivity index (χ4v) is 4.37. The van der Waals surface area contributed by atoms with Gasteiger partial charge in [0.15, 0.2) is 5.65 Å². The summed E-state index contributed by atoms with van der Waals surface area (Å²) < 4.78 is 41.4. The molecule has 1 N–H and O–H groups in total. The molecule has 1 unspecified atom stereocenters. The van der Waals surface area contributed by atoms with Gasteiger partial charge in [-0.1, -0.05) is 0 Å². The topological polar surface area (TPSA) is 65.6 Å². The van der Waals surface area contributed by atoms with Crippen LogP contribution in [0.4, 0.5) is 14.6 Å². The molecule has 3 aromatic heterocycles. The maximum absolute atomic E-state index is 13.9. The predicted octanol–water partition coefficient (Wildman–Crippen LogP) is 5.21. The lowest BCUT2D eigenvalue weighted by molar-refractivity contribution is 0.0697. The summed E-state index contributed by atoms with van der Waals surface area (Å²) in [5.41, 5.74) is 3.29. The van der Waals surface area contributed by atoms with Crippen LogP contribution < -0.4 is 10.1 Å². The maximum Gasteiger partial charge on any atom is 0.165 e. The molecule has 1 saturated heterocycles. The summed E-state index contributed by atoms with van der Waals surface area (Å²) in [6, 6.07) is 8.24. The number of rotatable bonds is 8. The summed E-state index contributed by atoms with van der Waals surface area (Å²) in [4.78, 5) is 4.78. The van der Waals surface area contributed by atoms with Gasteiger partial charge in [0.2, 0.25) is 0 Å². The molecule has 0 saturated carbocycles. The number of anilines is 1. The van der Waals surface area contributed by atoms with Crippen LogP contribution in [0.15, 0.2) is 55.1 Å². The average molecular weight is 468 g/mol. The van der Waals surface area contributed by atoms with Gasteiger partial charge in [-0.25, -0.2) is 18.3 Å². The molecule has 0 radical (unpaired) electrons. The molecule has 1 fully saturated rings. The molecule has 0 spiro atoms. The van der Waals surface area contributed by atoms with Gasteiger partial charge in [-0.2, -0.15) is 5.10 Å². The highest BCUT2D eigenvalue weighted by molar-refractivity contribution is 5.77. The Morgan fingerprint density at radius 1 is 1.21 bits per heavy atom. The minimum absolute atomic E-state index is 0.0811. The van der Waals surface area contributed by atoms with Crippen LogP contribution in [-0.2, 0) is 4.74 Å². The van der Waals surface area contributed by atoms with Crippen LogP contribution in [0.5, 0.6) is 5.75 Å². The second-order valence-corrected chi connectivity index (χ2v) is 8.42. The highest BCUT2D eigenvalue weighted by Gasteiger charge is 2.18. The minimum Gasteiger partial charge on any atom is -0.490 e. The lowest BCUT2D eigenvalue weighted by Crippen LogP contribution is -2.18. The molecule has 1 aliphatic rings. The Morgan fingerprint density at radius 2 is 2.06 bits per heavy atom. The number of hydrogen-bond donors (Lipinski definition) is 1. The van der Waals surface area contributed by atoms with Gasteiger partial charge in [-0.05, 0) is 50.1 Å². The van der Waals surface area contributed by atoms with Crippen LogP contribution in [0.3, 0.4) is 0 Å². The van der Waals surface area contributed by atoms with Gasteiger partial charge in [0, 0.05) is 54.5 Å². The fraction of sp³-hybridized carbons (Fsp3) is 0.360. The van der Waals surface area contributed by atoms with Gasteiger partial charge < -0.3 is 19.4 Å². The molecule has 34 heavy (non-hydrogen) atoms.